The highest BCUT2D eigenvalue weighted by molar-refractivity contribution is 5.86. The van der Waals surface area contributed by atoms with Crippen LogP contribution in [0, 0.1) is 0 Å². The number of carboxylic acids is 1. The molecule has 1 rings (SSSR count). The molecule has 0 aromatic carbocycles. The number of rotatable bonds is 4. The van der Waals surface area contributed by atoms with Crippen LogP contribution in [0.15, 0.2) is 0 Å². The van der Waals surface area contributed by atoms with Gasteiger partial charge in [-0.1, -0.05) is 0 Å². The van der Waals surface area contributed by atoms with Crippen molar-refractivity contribution in [2.24, 2.45) is 5.73 Å². The van der Waals surface area contributed by atoms with Gasteiger partial charge in [0.25, 0.3) is 0 Å². The molecule has 0 radical (unpaired) electrons. The molecule has 0 saturated carbocycles. The first-order valence-corrected chi connectivity index (χ1v) is 5.04. The van der Waals surface area contributed by atoms with Gasteiger partial charge in [0.15, 0.2) is 0 Å². The second-order valence-corrected chi connectivity index (χ2v) is 3.72. The molecule has 3 amide bonds. The lowest BCUT2D eigenvalue weighted by molar-refractivity contribution is -0.141. The van der Waals surface area contributed by atoms with E-state index in [4.69, 9.17) is 15.6 Å². The Morgan fingerprint density at radius 3 is 2.65 bits per heavy atom. The monoisotopic (exact) mass is 245 g/mol. The van der Waals surface area contributed by atoms with E-state index in [0.717, 1.165) is 4.90 Å². The van der Waals surface area contributed by atoms with Gasteiger partial charge in [-0.2, -0.15) is 0 Å². The first-order valence-electron chi connectivity index (χ1n) is 5.04. The van der Waals surface area contributed by atoms with E-state index < -0.39 is 23.9 Å². The van der Waals surface area contributed by atoms with Crippen molar-refractivity contribution in [1.29, 1.82) is 0 Å². The Morgan fingerprint density at radius 2 is 2.18 bits per heavy atom. The Hall–Kier alpha value is -1.83. The van der Waals surface area contributed by atoms with Gasteiger partial charge < -0.3 is 25.8 Å². The molecule has 8 heteroatoms. The molecule has 2 unspecified atom stereocenters. The predicted molar refractivity (Wildman–Crippen MR) is 56.1 cm³/mol. The van der Waals surface area contributed by atoms with E-state index in [1.54, 1.807) is 0 Å². The molecule has 1 saturated heterocycles. The standard InChI is InChI=1S/C9H15N3O5/c1-17-5-2-6(8(14)15)12(4-5)9(16)11-3-7(10)13/h5-6H,2-4H2,1H3,(H2,10,13)(H,11,16)(H,14,15). The summed E-state index contributed by atoms with van der Waals surface area (Å²) in [6, 6.07) is -1.57. The molecular weight excluding hydrogens is 230 g/mol. The third kappa shape index (κ3) is 3.31. The molecule has 4 N–H and O–H groups in total. The third-order valence-electron chi connectivity index (χ3n) is 2.56. The van der Waals surface area contributed by atoms with Gasteiger partial charge in [0.1, 0.15) is 6.04 Å². The molecule has 0 aliphatic carbocycles. The summed E-state index contributed by atoms with van der Waals surface area (Å²) in [6.07, 6.45) is -0.0778. The minimum Gasteiger partial charge on any atom is -0.480 e. The van der Waals surface area contributed by atoms with Crippen LogP contribution in [0.5, 0.6) is 0 Å². The number of carboxylic acid groups (broad SMARTS) is 1. The third-order valence-corrected chi connectivity index (χ3v) is 2.56. The number of methoxy groups -OCH3 is 1. The summed E-state index contributed by atoms with van der Waals surface area (Å²) in [4.78, 5) is 34.2. The number of nitrogens with one attached hydrogen (secondary N) is 1. The second-order valence-electron chi connectivity index (χ2n) is 3.72. The van der Waals surface area contributed by atoms with Crippen molar-refractivity contribution in [2.75, 3.05) is 20.2 Å². The van der Waals surface area contributed by atoms with Crippen LogP contribution in [0.1, 0.15) is 6.42 Å². The molecule has 17 heavy (non-hydrogen) atoms. The topological polar surface area (TPSA) is 122 Å². The number of likely N-dealkylation sites (tertiary alicyclic amines) is 1. The van der Waals surface area contributed by atoms with Gasteiger partial charge in [-0.25, -0.2) is 9.59 Å². The number of nitrogens with two attached hydrogens (primary N) is 1. The number of urea groups is 1. The molecule has 96 valence electrons. The van der Waals surface area contributed by atoms with Crippen LogP contribution in [0.2, 0.25) is 0 Å². The summed E-state index contributed by atoms with van der Waals surface area (Å²) in [6.45, 7) is -0.141. The number of carbonyl (C=O) groups excluding carboxylic acids is 2. The van der Waals surface area contributed by atoms with E-state index in [1.165, 1.54) is 7.11 Å². The number of ether oxygens (including phenoxy) is 1. The van der Waals surface area contributed by atoms with E-state index in [9.17, 15) is 14.4 Å². The zero-order valence-corrected chi connectivity index (χ0v) is 9.38. The van der Waals surface area contributed by atoms with Crippen molar-refractivity contribution in [3.8, 4) is 0 Å². The lowest BCUT2D eigenvalue weighted by atomic mass is 10.2. The van der Waals surface area contributed by atoms with Crippen LogP contribution in [0.3, 0.4) is 0 Å². The Balaban J connectivity index is 2.63. The van der Waals surface area contributed by atoms with Gasteiger partial charge >= 0.3 is 12.0 Å². The summed E-state index contributed by atoms with van der Waals surface area (Å²) >= 11 is 0. The smallest absolute Gasteiger partial charge is 0.326 e. The molecule has 2 atom stereocenters. The van der Waals surface area contributed by atoms with Crippen molar-refractivity contribution >= 4 is 17.9 Å². The van der Waals surface area contributed by atoms with E-state index in [0.29, 0.717) is 0 Å². The number of primary amides is 1. The van der Waals surface area contributed by atoms with Crippen molar-refractivity contribution in [3.63, 3.8) is 0 Å². The Kier molecular flexibility index (Phi) is 4.27. The number of nitrogens with zero attached hydrogens (tertiary/aromatic N) is 1. The summed E-state index contributed by atoms with van der Waals surface area (Å²) in [5.74, 6) is -1.79. The van der Waals surface area contributed by atoms with Crippen molar-refractivity contribution in [3.05, 3.63) is 0 Å². The van der Waals surface area contributed by atoms with Gasteiger partial charge in [0, 0.05) is 20.1 Å². The van der Waals surface area contributed by atoms with Crippen LogP contribution in [-0.4, -0.2) is 60.3 Å². The molecule has 8 nitrogen and oxygen atoms in total. The number of hydrogen-bond acceptors (Lipinski definition) is 4. The lowest BCUT2D eigenvalue weighted by Crippen LogP contribution is -2.48. The van der Waals surface area contributed by atoms with Crippen LogP contribution < -0.4 is 11.1 Å². The molecule has 0 spiro atoms. The highest BCUT2D eigenvalue weighted by Gasteiger charge is 2.39. The number of aliphatic carboxylic acids is 1. The normalized spacial score (nSPS) is 23.5. The highest BCUT2D eigenvalue weighted by Crippen LogP contribution is 2.20. The average Bonchev–Trinajstić information content (AvgIpc) is 2.69. The van der Waals surface area contributed by atoms with Gasteiger partial charge in [-0.05, 0) is 0 Å². The molecule has 1 heterocycles. The maximum atomic E-state index is 11.6. The number of amides is 3. The fourth-order valence-corrected chi connectivity index (χ4v) is 1.69. The summed E-state index contributed by atoms with van der Waals surface area (Å²) in [5.41, 5.74) is 4.87. The van der Waals surface area contributed by atoms with E-state index in [1.807, 2.05) is 0 Å². The van der Waals surface area contributed by atoms with Crippen molar-refractivity contribution in [1.82, 2.24) is 10.2 Å². The molecule has 0 aromatic heterocycles. The molecule has 0 aromatic rings. The first kappa shape index (κ1) is 13.2. The van der Waals surface area contributed by atoms with Gasteiger partial charge in [0.05, 0.1) is 12.6 Å². The van der Waals surface area contributed by atoms with E-state index in [-0.39, 0.29) is 25.6 Å². The molecule has 1 fully saturated rings. The fraction of sp³-hybridized carbons (Fsp3) is 0.667. The van der Waals surface area contributed by atoms with Crippen LogP contribution in [-0.2, 0) is 14.3 Å². The average molecular weight is 245 g/mol. The maximum absolute atomic E-state index is 11.6. The van der Waals surface area contributed by atoms with Crippen molar-refractivity contribution < 1.29 is 24.2 Å². The zero-order valence-electron chi connectivity index (χ0n) is 9.38. The fourth-order valence-electron chi connectivity index (χ4n) is 1.69. The van der Waals surface area contributed by atoms with Gasteiger partial charge in [-0.15, -0.1) is 0 Å². The second kappa shape index (κ2) is 5.48. The van der Waals surface area contributed by atoms with Gasteiger partial charge in [-0.3, -0.25) is 4.79 Å². The first-order chi connectivity index (χ1) is 7.95. The minimum absolute atomic E-state index is 0.179. The van der Waals surface area contributed by atoms with E-state index in [2.05, 4.69) is 5.32 Å². The van der Waals surface area contributed by atoms with Crippen molar-refractivity contribution in [2.45, 2.75) is 18.6 Å². The number of carbonyl (C=O) groups is 3. The largest absolute Gasteiger partial charge is 0.480 e. The minimum atomic E-state index is -1.10. The Labute approximate surface area is 97.7 Å². The maximum Gasteiger partial charge on any atom is 0.326 e. The highest BCUT2D eigenvalue weighted by atomic mass is 16.5. The quantitative estimate of drug-likeness (QED) is 0.548. The zero-order chi connectivity index (χ0) is 13.0. The SMILES string of the molecule is COC1CC(C(=O)O)N(C(=O)NCC(N)=O)C1. The Morgan fingerprint density at radius 1 is 1.53 bits per heavy atom. The van der Waals surface area contributed by atoms with E-state index >= 15 is 0 Å². The molecular formula is C9H15N3O5. The van der Waals surface area contributed by atoms with Crippen LogP contribution in [0.25, 0.3) is 0 Å². The van der Waals surface area contributed by atoms with Crippen LogP contribution in [0.4, 0.5) is 4.79 Å². The predicted octanol–water partition coefficient (Wildman–Crippen LogP) is -1.64. The Bertz CT molecular complexity index is 333. The number of hydrogen-bond donors (Lipinski definition) is 3. The molecule has 0 bridgehead atoms. The van der Waals surface area contributed by atoms with Gasteiger partial charge in [0.2, 0.25) is 5.91 Å². The van der Waals surface area contributed by atoms with Crippen LogP contribution >= 0.6 is 0 Å². The molecule has 1 aliphatic heterocycles. The summed E-state index contributed by atoms with van der Waals surface area (Å²) < 4.78 is 5.02. The lowest BCUT2D eigenvalue weighted by Gasteiger charge is -2.21. The molecule has 1 aliphatic rings. The summed E-state index contributed by atoms with van der Waals surface area (Å²) in [5, 5.41) is 11.2. The summed E-state index contributed by atoms with van der Waals surface area (Å²) in [7, 11) is 1.45.